The van der Waals surface area contributed by atoms with Gasteiger partial charge in [0.05, 0.1) is 11.0 Å². The lowest BCUT2D eigenvalue weighted by Gasteiger charge is -2.35. The Morgan fingerprint density at radius 3 is 2.57 bits per heavy atom. The highest BCUT2D eigenvalue weighted by atomic mass is 32.2. The maximum absolute atomic E-state index is 13.2. The maximum Gasteiger partial charge on any atom is 0.295 e. The first kappa shape index (κ1) is 15.8. The highest BCUT2D eigenvalue weighted by Gasteiger charge is 2.24. The van der Waals surface area contributed by atoms with Crippen LogP contribution in [-0.4, -0.2) is 58.8 Å². The van der Waals surface area contributed by atoms with Gasteiger partial charge in [0, 0.05) is 55.5 Å². The van der Waals surface area contributed by atoms with Crippen molar-refractivity contribution in [3.8, 4) is 0 Å². The number of halogens is 1. The Kier molecular flexibility index (Phi) is 5.24. The first-order valence-corrected chi connectivity index (χ1v) is 8.41. The first-order chi connectivity index (χ1) is 9.97. The summed E-state index contributed by atoms with van der Waals surface area (Å²) in [6, 6.07) is 3.67. The summed E-state index contributed by atoms with van der Waals surface area (Å²) in [6.07, 6.45) is 1.68. The molecule has 1 fully saturated rings. The van der Waals surface area contributed by atoms with Crippen molar-refractivity contribution in [2.24, 2.45) is 0 Å². The van der Waals surface area contributed by atoms with Crippen LogP contribution in [0.25, 0.3) is 0 Å². The molecule has 1 atom stereocenters. The molecule has 0 radical (unpaired) electrons. The van der Waals surface area contributed by atoms with Crippen molar-refractivity contribution in [3.05, 3.63) is 34.1 Å². The van der Waals surface area contributed by atoms with Gasteiger partial charge in [-0.3, -0.25) is 19.2 Å². The highest BCUT2D eigenvalue weighted by molar-refractivity contribution is 7.84. The molecule has 0 N–H and O–H groups in total. The van der Waals surface area contributed by atoms with Crippen molar-refractivity contribution in [1.82, 2.24) is 4.90 Å². The number of anilines is 1. The topological polar surface area (TPSA) is 66.7 Å². The van der Waals surface area contributed by atoms with E-state index in [4.69, 9.17) is 0 Å². The standard InChI is InChI=1S/C13H18FN3O3S/c1-21(20)9-8-15-4-6-16(7-5-15)12-3-2-11(14)10-13(12)17(18)19/h2-3,10H,4-9H2,1H3/t21-/m0/s1. The monoisotopic (exact) mass is 315 g/mol. The molecule has 116 valence electrons. The minimum atomic E-state index is -0.811. The molecule has 1 heterocycles. The largest absolute Gasteiger partial charge is 0.363 e. The zero-order valence-electron chi connectivity index (χ0n) is 11.8. The van der Waals surface area contributed by atoms with Crippen LogP contribution in [0.3, 0.4) is 0 Å². The minimum absolute atomic E-state index is 0.196. The van der Waals surface area contributed by atoms with E-state index in [1.165, 1.54) is 12.1 Å². The number of nitro groups is 1. The normalized spacial score (nSPS) is 17.7. The van der Waals surface area contributed by atoms with Crippen LogP contribution in [0.5, 0.6) is 0 Å². The Labute approximate surface area is 125 Å². The molecule has 0 aromatic heterocycles. The number of benzene rings is 1. The molecule has 0 unspecified atom stereocenters. The van der Waals surface area contributed by atoms with Gasteiger partial charge < -0.3 is 4.90 Å². The van der Waals surface area contributed by atoms with Crippen molar-refractivity contribution < 1.29 is 13.5 Å². The van der Waals surface area contributed by atoms with Crippen LogP contribution < -0.4 is 4.90 Å². The van der Waals surface area contributed by atoms with Gasteiger partial charge in [-0.2, -0.15) is 0 Å². The van der Waals surface area contributed by atoms with Crippen LogP contribution in [0.15, 0.2) is 18.2 Å². The summed E-state index contributed by atoms with van der Waals surface area (Å²) in [5.74, 6) is 0.0333. The summed E-state index contributed by atoms with van der Waals surface area (Å²) in [4.78, 5) is 14.6. The number of nitro benzene ring substituents is 1. The third-order valence-electron chi connectivity index (χ3n) is 3.54. The molecule has 0 spiro atoms. The van der Waals surface area contributed by atoms with Crippen molar-refractivity contribution in [2.75, 3.05) is 49.6 Å². The van der Waals surface area contributed by atoms with Crippen molar-refractivity contribution >= 4 is 22.2 Å². The molecule has 6 nitrogen and oxygen atoms in total. The molecule has 0 bridgehead atoms. The Morgan fingerprint density at radius 1 is 1.33 bits per heavy atom. The van der Waals surface area contributed by atoms with Gasteiger partial charge in [-0.15, -0.1) is 0 Å². The number of hydrogen-bond donors (Lipinski definition) is 0. The molecule has 1 aliphatic rings. The molecule has 2 rings (SSSR count). The second kappa shape index (κ2) is 6.95. The molecule has 1 saturated heterocycles. The Bertz CT molecular complexity index is 547. The molecular formula is C13H18FN3O3S. The van der Waals surface area contributed by atoms with E-state index in [0.29, 0.717) is 24.5 Å². The number of nitrogens with zero attached hydrogens (tertiary/aromatic N) is 3. The molecule has 0 saturated carbocycles. The van der Waals surface area contributed by atoms with Crippen LogP contribution in [0.2, 0.25) is 0 Å². The van der Waals surface area contributed by atoms with E-state index in [0.717, 1.165) is 25.7 Å². The third-order valence-corrected chi connectivity index (χ3v) is 4.30. The Hall–Kier alpha value is -1.54. The predicted molar refractivity (Wildman–Crippen MR) is 80.6 cm³/mol. The molecule has 0 aliphatic carbocycles. The zero-order chi connectivity index (χ0) is 15.4. The Balaban J connectivity index is 2.02. The van der Waals surface area contributed by atoms with E-state index in [1.807, 2.05) is 4.90 Å². The lowest BCUT2D eigenvalue weighted by molar-refractivity contribution is -0.384. The summed E-state index contributed by atoms with van der Waals surface area (Å²) in [5.41, 5.74) is 0.262. The summed E-state index contributed by atoms with van der Waals surface area (Å²) < 4.78 is 24.2. The third kappa shape index (κ3) is 4.21. The number of rotatable bonds is 5. The minimum Gasteiger partial charge on any atom is -0.363 e. The molecular weight excluding hydrogens is 297 g/mol. The second-order valence-electron chi connectivity index (χ2n) is 5.00. The smallest absolute Gasteiger partial charge is 0.295 e. The van der Waals surface area contributed by atoms with Gasteiger partial charge in [0.2, 0.25) is 0 Å². The molecule has 1 aliphatic heterocycles. The van der Waals surface area contributed by atoms with Crippen molar-refractivity contribution in [1.29, 1.82) is 0 Å². The fraction of sp³-hybridized carbons (Fsp3) is 0.538. The number of piperazine rings is 1. The van der Waals surface area contributed by atoms with E-state index in [9.17, 15) is 18.7 Å². The zero-order valence-corrected chi connectivity index (χ0v) is 12.6. The van der Waals surface area contributed by atoms with Crippen molar-refractivity contribution in [2.45, 2.75) is 0 Å². The van der Waals surface area contributed by atoms with Gasteiger partial charge >= 0.3 is 0 Å². The van der Waals surface area contributed by atoms with Gasteiger partial charge in [0.25, 0.3) is 5.69 Å². The summed E-state index contributed by atoms with van der Waals surface area (Å²) >= 11 is 0. The van der Waals surface area contributed by atoms with Gasteiger partial charge in [-0.1, -0.05) is 0 Å². The molecule has 1 aromatic carbocycles. The molecule has 1 aromatic rings. The van der Waals surface area contributed by atoms with Gasteiger partial charge in [0.1, 0.15) is 11.5 Å². The highest BCUT2D eigenvalue weighted by Crippen LogP contribution is 2.29. The molecule has 8 heteroatoms. The quantitative estimate of drug-likeness (QED) is 0.604. The summed E-state index contributed by atoms with van der Waals surface area (Å²) in [6.45, 7) is 3.56. The van der Waals surface area contributed by atoms with Crippen LogP contribution in [0.4, 0.5) is 15.8 Å². The van der Waals surface area contributed by atoms with Crippen LogP contribution in [0, 0.1) is 15.9 Å². The average Bonchev–Trinajstić information content (AvgIpc) is 2.45. The second-order valence-corrected chi connectivity index (χ2v) is 6.55. The lowest BCUT2D eigenvalue weighted by atomic mass is 10.2. The average molecular weight is 315 g/mol. The van der Waals surface area contributed by atoms with E-state index in [2.05, 4.69) is 4.90 Å². The van der Waals surface area contributed by atoms with Crippen LogP contribution >= 0.6 is 0 Å². The van der Waals surface area contributed by atoms with E-state index >= 15 is 0 Å². The summed E-state index contributed by atoms with van der Waals surface area (Å²) in [5, 5.41) is 11.0. The van der Waals surface area contributed by atoms with Gasteiger partial charge in [-0.25, -0.2) is 4.39 Å². The fourth-order valence-corrected chi connectivity index (χ4v) is 2.90. The van der Waals surface area contributed by atoms with E-state index in [1.54, 1.807) is 6.26 Å². The van der Waals surface area contributed by atoms with Gasteiger partial charge in [-0.05, 0) is 12.1 Å². The first-order valence-electron chi connectivity index (χ1n) is 6.68. The lowest BCUT2D eigenvalue weighted by Crippen LogP contribution is -2.47. The molecule has 0 amide bonds. The number of hydrogen-bond acceptors (Lipinski definition) is 5. The van der Waals surface area contributed by atoms with E-state index in [-0.39, 0.29) is 5.69 Å². The molecule has 21 heavy (non-hydrogen) atoms. The summed E-state index contributed by atoms with van der Waals surface area (Å²) in [7, 11) is -0.811. The van der Waals surface area contributed by atoms with Gasteiger partial charge in [0.15, 0.2) is 0 Å². The van der Waals surface area contributed by atoms with Crippen molar-refractivity contribution in [3.63, 3.8) is 0 Å². The fourth-order valence-electron chi connectivity index (χ4n) is 2.38. The predicted octanol–water partition coefficient (Wildman–Crippen LogP) is 1.23. The van der Waals surface area contributed by atoms with Crippen LogP contribution in [-0.2, 0) is 10.8 Å². The SMILES string of the molecule is C[S@](=O)CCN1CCN(c2ccc(F)cc2[N+](=O)[O-])CC1. The maximum atomic E-state index is 13.2. The van der Waals surface area contributed by atoms with E-state index < -0.39 is 21.5 Å². The van der Waals surface area contributed by atoms with Crippen LogP contribution in [0.1, 0.15) is 0 Å². The Morgan fingerprint density at radius 2 is 2.00 bits per heavy atom.